The third-order valence-electron chi connectivity index (χ3n) is 2.83. The van der Waals surface area contributed by atoms with E-state index in [4.69, 9.17) is 0 Å². The second kappa shape index (κ2) is 7.36. The molecule has 0 bridgehead atoms. The highest BCUT2D eigenvalue weighted by molar-refractivity contribution is 5.96. The Hall–Kier alpha value is -1.69. The Labute approximate surface area is 123 Å². The first kappa shape index (κ1) is 17.4. The maximum Gasteiger partial charge on any atom is 0.387 e. The van der Waals surface area contributed by atoms with E-state index in [0.29, 0.717) is 6.42 Å². The zero-order chi connectivity index (χ0) is 16.0. The van der Waals surface area contributed by atoms with Gasteiger partial charge in [0.05, 0.1) is 11.2 Å². The molecule has 1 aromatic rings. The molecule has 1 amide bonds. The number of hydrogen-bond acceptors (Lipinski definition) is 3. The van der Waals surface area contributed by atoms with Crippen LogP contribution in [-0.4, -0.2) is 29.8 Å². The van der Waals surface area contributed by atoms with Gasteiger partial charge in [0.2, 0.25) is 0 Å². The number of benzene rings is 1. The molecular weight excluding hydrogens is 280 g/mol. The monoisotopic (exact) mass is 301 g/mol. The van der Waals surface area contributed by atoms with Crippen LogP contribution < -0.4 is 10.1 Å². The van der Waals surface area contributed by atoms with Gasteiger partial charge in [-0.05, 0) is 31.4 Å². The van der Waals surface area contributed by atoms with Crippen molar-refractivity contribution in [1.29, 1.82) is 0 Å². The van der Waals surface area contributed by atoms with E-state index in [0.717, 1.165) is 0 Å². The van der Waals surface area contributed by atoms with Crippen LogP contribution in [0.25, 0.3) is 0 Å². The molecule has 0 aliphatic rings. The summed E-state index contributed by atoms with van der Waals surface area (Å²) in [4.78, 5) is 12.0. The quantitative estimate of drug-likeness (QED) is 0.814. The first-order valence-corrected chi connectivity index (χ1v) is 6.75. The molecule has 4 nitrogen and oxygen atoms in total. The molecule has 0 aromatic heterocycles. The first-order valence-electron chi connectivity index (χ1n) is 6.75. The van der Waals surface area contributed by atoms with Crippen LogP contribution in [0.4, 0.5) is 8.78 Å². The van der Waals surface area contributed by atoms with Crippen molar-refractivity contribution in [2.45, 2.75) is 39.4 Å². The molecule has 118 valence electrons. The summed E-state index contributed by atoms with van der Waals surface area (Å²) in [6.07, 6.45) is 0.516. The molecular formula is C15H21F2NO3. The molecule has 1 unspecified atom stereocenters. The third-order valence-corrected chi connectivity index (χ3v) is 2.83. The zero-order valence-corrected chi connectivity index (χ0v) is 12.4. The van der Waals surface area contributed by atoms with Gasteiger partial charge in [0.25, 0.3) is 5.91 Å². The summed E-state index contributed by atoms with van der Waals surface area (Å²) in [6, 6.07) is 5.75. The van der Waals surface area contributed by atoms with Crippen molar-refractivity contribution in [3.8, 4) is 5.75 Å². The van der Waals surface area contributed by atoms with E-state index in [9.17, 15) is 18.7 Å². The lowest BCUT2D eigenvalue weighted by Gasteiger charge is -2.25. The van der Waals surface area contributed by atoms with Gasteiger partial charge in [0.1, 0.15) is 5.75 Å². The van der Waals surface area contributed by atoms with Crippen molar-refractivity contribution in [2.24, 2.45) is 5.92 Å². The number of ether oxygens (including phenoxy) is 1. The van der Waals surface area contributed by atoms with Crippen LogP contribution in [0.3, 0.4) is 0 Å². The van der Waals surface area contributed by atoms with E-state index in [2.05, 4.69) is 10.1 Å². The Kier molecular flexibility index (Phi) is 6.08. The number of carbonyl (C=O) groups is 1. The summed E-state index contributed by atoms with van der Waals surface area (Å²) in [5.74, 6) is -0.477. The van der Waals surface area contributed by atoms with Gasteiger partial charge >= 0.3 is 6.61 Å². The van der Waals surface area contributed by atoms with Crippen LogP contribution in [0, 0.1) is 5.92 Å². The van der Waals surface area contributed by atoms with E-state index in [-0.39, 0.29) is 23.8 Å². The molecule has 0 spiro atoms. The minimum Gasteiger partial charge on any atom is -0.434 e. The van der Waals surface area contributed by atoms with Gasteiger partial charge in [-0.15, -0.1) is 0 Å². The fourth-order valence-corrected chi connectivity index (χ4v) is 2.17. The van der Waals surface area contributed by atoms with E-state index in [1.54, 1.807) is 13.0 Å². The smallest absolute Gasteiger partial charge is 0.387 e. The van der Waals surface area contributed by atoms with Crippen LogP contribution in [-0.2, 0) is 0 Å². The fourth-order valence-electron chi connectivity index (χ4n) is 2.17. The maximum absolute atomic E-state index is 12.3. The molecule has 1 atom stereocenters. The van der Waals surface area contributed by atoms with Gasteiger partial charge in [-0.2, -0.15) is 8.78 Å². The predicted octanol–water partition coefficient (Wildman–Crippen LogP) is 2.81. The van der Waals surface area contributed by atoms with Gasteiger partial charge < -0.3 is 15.2 Å². The van der Waals surface area contributed by atoms with E-state index in [1.165, 1.54) is 18.2 Å². The summed E-state index contributed by atoms with van der Waals surface area (Å²) in [6.45, 7) is 2.58. The fraction of sp³-hybridized carbons (Fsp3) is 0.533. The van der Waals surface area contributed by atoms with Gasteiger partial charge in [-0.25, -0.2) is 0 Å². The normalized spacial score (nSPS) is 14.1. The number of hydrogen-bond donors (Lipinski definition) is 2. The first-order chi connectivity index (χ1) is 9.71. The van der Waals surface area contributed by atoms with E-state index in [1.807, 2.05) is 13.8 Å². The van der Waals surface area contributed by atoms with Gasteiger partial charge in [0.15, 0.2) is 0 Å². The van der Waals surface area contributed by atoms with E-state index < -0.39 is 18.1 Å². The minimum absolute atomic E-state index is 0.0122. The Morgan fingerprint density at radius 1 is 1.38 bits per heavy atom. The lowest BCUT2D eigenvalue weighted by atomic mass is 9.94. The lowest BCUT2D eigenvalue weighted by molar-refractivity contribution is -0.0502. The summed E-state index contributed by atoms with van der Waals surface area (Å²) >= 11 is 0. The van der Waals surface area contributed by atoms with Crippen LogP contribution in [0.15, 0.2) is 24.3 Å². The molecule has 2 N–H and O–H groups in total. The SMILES string of the molecule is CC(C)CC(C)(O)CNC(=O)c1ccccc1OC(F)F. The molecule has 21 heavy (non-hydrogen) atoms. The van der Waals surface area contributed by atoms with Gasteiger partial charge in [-0.1, -0.05) is 26.0 Å². The molecule has 0 fully saturated rings. The number of nitrogens with one attached hydrogen (secondary N) is 1. The molecule has 0 heterocycles. The maximum atomic E-state index is 12.3. The third kappa shape index (κ3) is 6.08. The summed E-state index contributed by atoms with van der Waals surface area (Å²) in [5.41, 5.74) is -1.04. The second-order valence-electron chi connectivity index (χ2n) is 5.65. The van der Waals surface area contributed by atoms with Crippen molar-refractivity contribution in [2.75, 3.05) is 6.54 Å². The average Bonchev–Trinajstić information content (AvgIpc) is 2.34. The summed E-state index contributed by atoms with van der Waals surface area (Å²) in [7, 11) is 0. The van der Waals surface area contributed by atoms with Crippen molar-refractivity contribution in [3.63, 3.8) is 0 Å². The number of aliphatic hydroxyl groups is 1. The topological polar surface area (TPSA) is 58.6 Å². The summed E-state index contributed by atoms with van der Waals surface area (Å²) in [5, 5.41) is 12.7. The highest BCUT2D eigenvalue weighted by atomic mass is 19.3. The Morgan fingerprint density at radius 3 is 2.57 bits per heavy atom. The predicted molar refractivity (Wildman–Crippen MR) is 75.5 cm³/mol. The van der Waals surface area contributed by atoms with Gasteiger partial charge in [-0.3, -0.25) is 4.79 Å². The van der Waals surface area contributed by atoms with Crippen LogP contribution in [0.2, 0.25) is 0 Å². The van der Waals surface area contributed by atoms with Gasteiger partial charge in [0, 0.05) is 6.54 Å². The Bertz CT molecular complexity index is 476. The Morgan fingerprint density at radius 2 is 2.00 bits per heavy atom. The average molecular weight is 301 g/mol. The van der Waals surface area contributed by atoms with E-state index >= 15 is 0 Å². The van der Waals surface area contributed by atoms with Crippen LogP contribution in [0.5, 0.6) is 5.75 Å². The highest BCUT2D eigenvalue weighted by Crippen LogP contribution is 2.21. The number of alkyl halides is 2. The minimum atomic E-state index is -3.00. The standard InChI is InChI=1S/C15H21F2NO3/c1-10(2)8-15(3,20)9-18-13(19)11-6-4-5-7-12(11)21-14(16)17/h4-7,10,14,20H,8-9H2,1-3H3,(H,18,19). The number of rotatable bonds is 7. The largest absolute Gasteiger partial charge is 0.434 e. The van der Waals surface area contributed by atoms with Crippen LogP contribution >= 0.6 is 0 Å². The summed E-state index contributed by atoms with van der Waals surface area (Å²) < 4.78 is 28.9. The zero-order valence-electron chi connectivity index (χ0n) is 12.4. The molecule has 1 rings (SSSR count). The molecule has 0 radical (unpaired) electrons. The van der Waals surface area contributed by atoms with Crippen molar-refractivity contribution in [3.05, 3.63) is 29.8 Å². The molecule has 0 saturated heterocycles. The number of carbonyl (C=O) groups excluding carboxylic acids is 1. The van der Waals surface area contributed by atoms with Crippen molar-refractivity contribution in [1.82, 2.24) is 5.32 Å². The van der Waals surface area contributed by atoms with Crippen molar-refractivity contribution >= 4 is 5.91 Å². The number of para-hydroxylation sites is 1. The number of halogens is 2. The molecule has 0 aliphatic heterocycles. The molecule has 0 saturated carbocycles. The van der Waals surface area contributed by atoms with Crippen molar-refractivity contribution < 1.29 is 23.4 Å². The molecule has 0 aliphatic carbocycles. The second-order valence-corrected chi connectivity index (χ2v) is 5.65. The number of amides is 1. The highest BCUT2D eigenvalue weighted by Gasteiger charge is 2.24. The van der Waals surface area contributed by atoms with Crippen LogP contribution in [0.1, 0.15) is 37.6 Å². The molecule has 6 heteroatoms. The Balaban J connectivity index is 2.72. The molecule has 1 aromatic carbocycles. The lowest BCUT2D eigenvalue weighted by Crippen LogP contribution is -2.41.